The number of hydrogen-bond donors (Lipinski definition) is 1. The molecule has 15 atom stereocenters. The summed E-state index contributed by atoms with van der Waals surface area (Å²) in [5.74, 6) is 7.40. The van der Waals surface area contributed by atoms with Gasteiger partial charge in [-0.2, -0.15) is 0 Å². The number of aliphatic hydroxyl groups is 1. The van der Waals surface area contributed by atoms with Crippen LogP contribution < -0.4 is 0 Å². The van der Waals surface area contributed by atoms with E-state index in [0.717, 1.165) is 36.5 Å². The fourth-order valence-corrected chi connectivity index (χ4v) is 13.8. The molecule has 5 fully saturated rings. The van der Waals surface area contributed by atoms with Crippen molar-refractivity contribution in [2.45, 2.75) is 146 Å². The van der Waals surface area contributed by atoms with Crippen molar-refractivity contribution < 1.29 is 9.84 Å². The Labute approximate surface area is 248 Å². The average Bonchev–Trinajstić information content (AvgIpc) is 3.40. The molecule has 15 unspecified atom stereocenters. The fraction of sp³-hybridized carbons (Fsp3) is 0.947. The minimum Gasteiger partial charge on any atom is -0.368 e. The minimum atomic E-state index is -0.646. The number of ether oxygens (including phenoxy) is 1. The van der Waals surface area contributed by atoms with Crippen LogP contribution in [0.3, 0.4) is 0 Å². The zero-order chi connectivity index (χ0) is 29.4. The molecule has 2 heteroatoms. The Kier molecular flexibility index (Phi) is 8.54. The predicted octanol–water partition coefficient (Wildman–Crippen LogP) is 10.2. The van der Waals surface area contributed by atoms with Gasteiger partial charge in [0.25, 0.3) is 0 Å². The zero-order valence-electron chi connectivity index (χ0n) is 28.1. The van der Waals surface area contributed by atoms with Gasteiger partial charge in [-0.3, -0.25) is 0 Å². The summed E-state index contributed by atoms with van der Waals surface area (Å²) >= 11 is 0. The van der Waals surface area contributed by atoms with Crippen molar-refractivity contribution in [1.29, 1.82) is 0 Å². The first-order valence-electron chi connectivity index (χ1n) is 17.7. The van der Waals surface area contributed by atoms with Gasteiger partial charge in [-0.25, -0.2) is 0 Å². The van der Waals surface area contributed by atoms with Crippen molar-refractivity contribution in [3.63, 3.8) is 0 Å². The van der Waals surface area contributed by atoms with E-state index in [1.807, 2.05) is 0 Å². The Balaban J connectivity index is 1.60. The van der Waals surface area contributed by atoms with Crippen LogP contribution in [0, 0.1) is 81.3 Å². The Morgan fingerprint density at radius 1 is 0.875 bits per heavy atom. The van der Waals surface area contributed by atoms with E-state index in [1.54, 1.807) is 0 Å². The summed E-state index contributed by atoms with van der Waals surface area (Å²) in [6, 6.07) is 0. The summed E-state index contributed by atoms with van der Waals surface area (Å²) in [5.41, 5.74) is 1.57. The van der Waals surface area contributed by atoms with Gasteiger partial charge in [-0.1, -0.05) is 113 Å². The second kappa shape index (κ2) is 11.0. The zero-order valence-corrected chi connectivity index (χ0v) is 28.1. The lowest BCUT2D eigenvalue weighted by Crippen LogP contribution is -2.75. The molecule has 0 aromatic heterocycles. The third-order valence-electron chi connectivity index (χ3n) is 15.7. The number of fused-ring (bicyclic) bond motifs is 3. The van der Waals surface area contributed by atoms with E-state index in [0.29, 0.717) is 41.4 Å². The maximum atomic E-state index is 11.7. The molecule has 5 aliphatic carbocycles. The lowest BCUT2D eigenvalue weighted by atomic mass is 9.30. The monoisotopic (exact) mass is 555 g/mol. The van der Waals surface area contributed by atoms with E-state index in [9.17, 15) is 5.11 Å². The van der Waals surface area contributed by atoms with Gasteiger partial charge in [0.2, 0.25) is 0 Å². The van der Waals surface area contributed by atoms with Gasteiger partial charge in [0.15, 0.2) is 6.29 Å². The lowest BCUT2D eigenvalue weighted by molar-refractivity contribution is -0.341. The molecule has 0 spiro atoms. The quantitative estimate of drug-likeness (QED) is 0.261. The van der Waals surface area contributed by atoms with Crippen LogP contribution in [0.1, 0.15) is 133 Å². The van der Waals surface area contributed by atoms with Crippen molar-refractivity contribution in [2.75, 3.05) is 0 Å². The van der Waals surface area contributed by atoms with Gasteiger partial charge in [0.05, 0.1) is 6.10 Å². The van der Waals surface area contributed by atoms with Crippen LogP contribution in [0.2, 0.25) is 0 Å². The van der Waals surface area contributed by atoms with E-state index in [-0.39, 0.29) is 22.3 Å². The molecule has 0 aromatic carbocycles. The Morgan fingerprint density at radius 2 is 1.52 bits per heavy atom. The van der Waals surface area contributed by atoms with E-state index < -0.39 is 6.29 Å². The Hall–Kier alpha value is -0.340. The first kappa shape index (κ1) is 31.1. The van der Waals surface area contributed by atoms with Crippen LogP contribution in [-0.2, 0) is 4.74 Å². The summed E-state index contributed by atoms with van der Waals surface area (Å²) in [5, 5.41) is 11.7. The van der Waals surface area contributed by atoms with E-state index in [4.69, 9.17) is 4.74 Å². The van der Waals surface area contributed by atoms with E-state index in [2.05, 4.69) is 75.8 Å². The number of allylic oxidation sites excluding steroid dienone is 1. The second-order valence-corrected chi connectivity index (χ2v) is 17.2. The SMILES string of the molecule is C=C(C)C1C(C)CC2(C)C(OC(O)CCC3CCCC3)C3(C)C(C)C4CCCC(C)C4C(C)C3C(C)C2(C)C1C. The molecule has 0 radical (unpaired) electrons. The summed E-state index contributed by atoms with van der Waals surface area (Å²) in [6.45, 7) is 30.2. The molecule has 40 heavy (non-hydrogen) atoms. The molecule has 0 heterocycles. The smallest absolute Gasteiger partial charge is 0.154 e. The van der Waals surface area contributed by atoms with E-state index >= 15 is 0 Å². The van der Waals surface area contributed by atoms with Crippen molar-refractivity contribution in [3.8, 4) is 0 Å². The molecule has 0 amide bonds. The molecule has 5 saturated carbocycles. The highest BCUT2D eigenvalue weighted by atomic mass is 16.6. The van der Waals surface area contributed by atoms with Crippen molar-refractivity contribution >= 4 is 0 Å². The van der Waals surface area contributed by atoms with Crippen molar-refractivity contribution in [1.82, 2.24) is 0 Å². The van der Waals surface area contributed by atoms with Crippen LogP contribution >= 0.6 is 0 Å². The fourth-order valence-electron chi connectivity index (χ4n) is 13.8. The predicted molar refractivity (Wildman–Crippen MR) is 169 cm³/mol. The highest BCUT2D eigenvalue weighted by Crippen LogP contribution is 2.76. The second-order valence-electron chi connectivity index (χ2n) is 17.2. The Bertz CT molecular complexity index is 920. The Morgan fingerprint density at radius 3 is 2.15 bits per heavy atom. The summed E-state index contributed by atoms with van der Waals surface area (Å²) in [4.78, 5) is 0. The third-order valence-corrected chi connectivity index (χ3v) is 15.7. The number of rotatable bonds is 6. The molecule has 0 bridgehead atoms. The molecule has 230 valence electrons. The molecule has 1 N–H and O–H groups in total. The highest BCUT2D eigenvalue weighted by Gasteiger charge is 2.74. The molecule has 2 nitrogen and oxygen atoms in total. The van der Waals surface area contributed by atoms with Crippen molar-refractivity contribution in [3.05, 3.63) is 12.2 Å². The average molecular weight is 555 g/mol. The first-order chi connectivity index (χ1) is 18.7. The maximum Gasteiger partial charge on any atom is 0.154 e. The molecule has 0 aliphatic heterocycles. The van der Waals surface area contributed by atoms with Crippen molar-refractivity contribution in [2.24, 2.45) is 81.3 Å². The summed E-state index contributed by atoms with van der Waals surface area (Å²) < 4.78 is 7.26. The molecule has 0 saturated heterocycles. The topological polar surface area (TPSA) is 29.5 Å². The van der Waals surface area contributed by atoms with Gasteiger partial charge in [-0.15, -0.1) is 0 Å². The molecule has 5 rings (SSSR count). The molecular formula is C38H66O2. The summed E-state index contributed by atoms with van der Waals surface area (Å²) in [6.07, 6.45) is 12.1. The largest absolute Gasteiger partial charge is 0.368 e. The van der Waals surface area contributed by atoms with Crippen LogP contribution in [0.15, 0.2) is 12.2 Å². The van der Waals surface area contributed by atoms with Gasteiger partial charge in [0, 0.05) is 10.8 Å². The summed E-state index contributed by atoms with van der Waals surface area (Å²) in [7, 11) is 0. The minimum absolute atomic E-state index is 0.0118. The molecular weight excluding hydrogens is 488 g/mol. The standard InChI is InChI=1S/C38H66O2/c1-22(2)32-24(4)21-36(9)35(40-31(39)20-19-29-16-12-13-17-29)37(10)26(6)30-18-14-15-23(3)33(30)25(5)34(37)28(8)38(36,11)27(32)7/h23-35,39H,1,12-21H2,2-11H3. The van der Waals surface area contributed by atoms with E-state index in [1.165, 1.54) is 56.9 Å². The number of hydrogen-bond acceptors (Lipinski definition) is 2. The maximum absolute atomic E-state index is 11.7. The normalized spacial score (nSPS) is 53.8. The number of aliphatic hydroxyl groups excluding tert-OH is 1. The molecule has 5 aliphatic rings. The van der Waals surface area contributed by atoms with Crippen LogP contribution in [0.4, 0.5) is 0 Å². The van der Waals surface area contributed by atoms with Crippen LogP contribution in [0.5, 0.6) is 0 Å². The lowest BCUT2D eigenvalue weighted by Gasteiger charge is -2.76. The van der Waals surface area contributed by atoms with Crippen LogP contribution in [-0.4, -0.2) is 17.5 Å². The van der Waals surface area contributed by atoms with Gasteiger partial charge < -0.3 is 9.84 Å². The van der Waals surface area contributed by atoms with Crippen LogP contribution in [0.25, 0.3) is 0 Å². The highest BCUT2D eigenvalue weighted by molar-refractivity contribution is 5.23. The first-order valence-corrected chi connectivity index (χ1v) is 17.7. The van der Waals surface area contributed by atoms with Gasteiger partial charge in [-0.05, 0) is 103 Å². The third kappa shape index (κ3) is 4.37. The van der Waals surface area contributed by atoms with Gasteiger partial charge >= 0.3 is 0 Å². The molecule has 0 aromatic rings. The van der Waals surface area contributed by atoms with Gasteiger partial charge in [0.1, 0.15) is 0 Å².